The first-order valence-electron chi connectivity index (χ1n) is 4.25. The van der Waals surface area contributed by atoms with E-state index in [9.17, 15) is 4.79 Å². The molecule has 0 bridgehead atoms. The molecule has 12 heavy (non-hydrogen) atoms. The summed E-state index contributed by atoms with van der Waals surface area (Å²) in [6.07, 6.45) is 1.80. The lowest BCUT2D eigenvalue weighted by Crippen LogP contribution is -2.39. The number of carboxylic acid groups (broad SMARTS) is 1. The third-order valence-electron chi connectivity index (χ3n) is 2.28. The number of hydrogen-bond acceptors (Lipinski definition) is 3. The number of ether oxygens (including phenoxy) is 1. The minimum absolute atomic E-state index is 0.0260. The lowest BCUT2D eigenvalue weighted by molar-refractivity contribution is -0.137. The van der Waals surface area contributed by atoms with Crippen molar-refractivity contribution in [1.29, 1.82) is 0 Å². The largest absolute Gasteiger partial charge is 0.481 e. The van der Waals surface area contributed by atoms with Crippen molar-refractivity contribution in [3.8, 4) is 0 Å². The fourth-order valence-electron chi connectivity index (χ4n) is 1.47. The molecule has 4 heteroatoms. The van der Waals surface area contributed by atoms with E-state index in [-0.39, 0.29) is 12.5 Å². The summed E-state index contributed by atoms with van der Waals surface area (Å²) in [5.74, 6) is -0.413. The predicted molar refractivity (Wildman–Crippen MR) is 43.8 cm³/mol. The number of rotatable bonds is 3. The molecule has 1 aliphatic heterocycles. The van der Waals surface area contributed by atoms with Gasteiger partial charge in [-0.05, 0) is 18.8 Å². The summed E-state index contributed by atoms with van der Waals surface area (Å²) < 4.78 is 5.15. The van der Waals surface area contributed by atoms with E-state index in [1.54, 1.807) is 0 Å². The van der Waals surface area contributed by atoms with Crippen molar-refractivity contribution in [3.63, 3.8) is 0 Å². The number of carbonyl (C=O) groups is 1. The molecule has 0 aromatic carbocycles. The van der Waals surface area contributed by atoms with Gasteiger partial charge in [0.25, 0.3) is 0 Å². The van der Waals surface area contributed by atoms with Gasteiger partial charge in [-0.25, -0.2) is 0 Å². The van der Waals surface area contributed by atoms with Crippen LogP contribution in [0.25, 0.3) is 0 Å². The van der Waals surface area contributed by atoms with Crippen LogP contribution in [0.1, 0.15) is 19.3 Å². The topological polar surface area (TPSA) is 72.5 Å². The summed E-state index contributed by atoms with van der Waals surface area (Å²) in [5.41, 5.74) is 5.75. The SMILES string of the molecule is N[C@@H]1COCC[C@@H]1CCC(=O)O. The van der Waals surface area contributed by atoms with E-state index in [1.165, 1.54) is 0 Å². The third kappa shape index (κ3) is 2.79. The van der Waals surface area contributed by atoms with Crippen LogP contribution in [0.15, 0.2) is 0 Å². The molecule has 0 radical (unpaired) electrons. The minimum Gasteiger partial charge on any atom is -0.481 e. The Labute approximate surface area is 71.7 Å². The highest BCUT2D eigenvalue weighted by Gasteiger charge is 2.22. The summed E-state index contributed by atoms with van der Waals surface area (Å²) in [5, 5.41) is 8.46. The highest BCUT2D eigenvalue weighted by atomic mass is 16.5. The van der Waals surface area contributed by atoms with Crippen molar-refractivity contribution in [2.75, 3.05) is 13.2 Å². The molecule has 0 unspecified atom stereocenters. The second-order valence-electron chi connectivity index (χ2n) is 3.22. The normalized spacial score (nSPS) is 30.1. The number of nitrogens with two attached hydrogens (primary N) is 1. The molecule has 70 valence electrons. The first kappa shape index (κ1) is 9.48. The van der Waals surface area contributed by atoms with E-state index in [0.29, 0.717) is 18.9 Å². The van der Waals surface area contributed by atoms with Crippen LogP contribution in [-0.4, -0.2) is 30.3 Å². The second-order valence-corrected chi connectivity index (χ2v) is 3.22. The van der Waals surface area contributed by atoms with Crippen molar-refractivity contribution in [1.82, 2.24) is 0 Å². The molecule has 1 aliphatic rings. The molecule has 0 aromatic rings. The highest BCUT2D eigenvalue weighted by molar-refractivity contribution is 5.66. The molecular weight excluding hydrogens is 158 g/mol. The zero-order valence-corrected chi connectivity index (χ0v) is 7.03. The van der Waals surface area contributed by atoms with E-state index in [2.05, 4.69) is 0 Å². The summed E-state index contributed by atoms with van der Waals surface area (Å²) >= 11 is 0. The van der Waals surface area contributed by atoms with Crippen LogP contribution < -0.4 is 5.73 Å². The average molecular weight is 173 g/mol. The molecule has 0 aliphatic carbocycles. The molecule has 3 N–H and O–H groups in total. The molecule has 4 nitrogen and oxygen atoms in total. The first-order chi connectivity index (χ1) is 5.70. The Morgan fingerprint density at radius 1 is 1.67 bits per heavy atom. The fraction of sp³-hybridized carbons (Fsp3) is 0.875. The maximum absolute atomic E-state index is 10.3. The maximum Gasteiger partial charge on any atom is 0.303 e. The fourth-order valence-corrected chi connectivity index (χ4v) is 1.47. The van der Waals surface area contributed by atoms with Crippen LogP contribution in [0.5, 0.6) is 0 Å². The second kappa shape index (κ2) is 4.42. The van der Waals surface area contributed by atoms with Gasteiger partial charge in [-0.2, -0.15) is 0 Å². The van der Waals surface area contributed by atoms with Gasteiger partial charge >= 0.3 is 5.97 Å². The number of hydrogen-bond donors (Lipinski definition) is 2. The molecular formula is C8H15NO3. The number of aliphatic carboxylic acids is 1. The number of carboxylic acids is 1. The standard InChI is InChI=1S/C8H15NO3/c9-7-5-12-4-3-6(7)1-2-8(10)11/h6-7H,1-5,9H2,(H,10,11)/t6-,7+/m0/s1. The molecule has 2 atom stereocenters. The smallest absolute Gasteiger partial charge is 0.303 e. The lowest BCUT2D eigenvalue weighted by atomic mass is 9.91. The first-order valence-corrected chi connectivity index (χ1v) is 4.25. The zero-order chi connectivity index (χ0) is 8.97. The zero-order valence-electron chi connectivity index (χ0n) is 7.03. The molecule has 1 heterocycles. The molecule has 0 aromatic heterocycles. The lowest BCUT2D eigenvalue weighted by Gasteiger charge is -2.28. The van der Waals surface area contributed by atoms with Crippen molar-refractivity contribution >= 4 is 5.97 Å². The van der Waals surface area contributed by atoms with Gasteiger partial charge in [0.05, 0.1) is 6.61 Å². The average Bonchev–Trinajstić information content (AvgIpc) is 2.03. The van der Waals surface area contributed by atoms with Gasteiger partial charge in [0.1, 0.15) is 0 Å². The Balaban J connectivity index is 2.24. The summed E-state index contributed by atoms with van der Waals surface area (Å²) in [6, 6.07) is 0.0260. The van der Waals surface area contributed by atoms with Crippen LogP contribution in [0.3, 0.4) is 0 Å². The monoisotopic (exact) mass is 173 g/mol. The van der Waals surface area contributed by atoms with E-state index in [4.69, 9.17) is 15.6 Å². The Kier molecular flexibility index (Phi) is 3.49. The molecule has 1 fully saturated rings. The molecule has 1 saturated heterocycles. The van der Waals surface area contributed by atoms with Crippen LogP contribution >= 0.6 is 0 Å². The van der Waals surface area contributed by atoms with Gasteiger partial charge in [0.2, 0.25) is 0 Å². The molecule has 1 rings (SSSR count). The van der Waals surface area contributed by atoms with Gasteiger partial charge < -0.3 is 15.6 Å². The van der Waals surface area contributed by atoms with E-state index >= 15 is 0 Å². The van der Waals surface area contributed by atoms with Gasteiger partial charge in [0, 0.05) is 19.1 Å². The molecule has 0 amide bonds. The maximum atomic E-state index is 10.3. The Morgan fingerprint density at radius 2 is 2.42 bits per heavy atom. The Hall–Kier alpha value is -0.610. The molecule has 0 saturated carbocycles. The highest BCUT2D eigenvalue weighted by Crippen LogP contribution is 2.19. The molecule has 0 spiro atoms. The van der Waals surface area contributed by atoms with Crippen molar-refractivity contribution in [3.05, 3.63) is 0 Å². The van der Waals surface area contributed by atoms with Crippen molar-refractivity contribution < 1.29 is 14.6 Å². The van der Waals surface area contributed by atoms with Gasteiger partial charge in [-0.15, -0.1) is 0 Å². The van der Waals surface area contributed by atoms with Crippen molar-refractivity contribution in [2.45, 2.75) is 25.3 Å². The van der Waals surface area contributed by atoms with Gasteiger partial charge in [-0.1, -0.05) is 0 Å². The Morgan fingerprint density at radius 3 is 3.00 bits per heavy atom. The van der Waals surface area contributed by atoms with E-state index < -0.39 is 5.97 Å². The van der Waals surface area contributed by atoms with Crippen LogP contribution in [-0.2, 0) is 9.53 Å². The van der Waals surface area contributed by atoms with Crippen LogP contribution in [0, 0.1) is 5.92 Å². The summed E-state index contributed by atoms with van der Waals surface area (Å²) in [4.78, 5) is 10.3. The third-order valence-corrected chi connectivity index (χ3v) is 2.28. The van der Waals surface area contributed by atoms with E-state index in [0.717, 1.165) is 13.0 Å². The summed E-state index contributed by atoms with van der Waals surface area (Å²) in [6.45, 7) is 1.29. The minimum atomic E-state index is -0.742. The summed E-state index contributed by atoms with van der Waals surface area (Å²) in [7, 11) is 0. The predicted octanol–water partition coefficient (Wildman–Crippen LogP) is 0.215. The van der Waals surface area contributed by atoms with E-state index in [1.807, 2.05) is 0 Å². The van der Waals surface area contributed by atoms with Gasteiger partial charge in [-0.3, -0.25) is 4.79 Å². The van der Waals surface area contributed by atoms with Crippen LogP contribution in [0.2, 0.25) is 0 Å². The van der Waals surface area contributed by atoms with Crippen LogP contribution in [0.4, 0.5) is 0 Å². The van der Waals surface area contributed by atoms with Gasteiger partial charge in [0.15, 0.2) is 0 Å². The quantitative estimate of drug-likeness (QED) is 0.640. The Bertz CT molecular complexity index is 160. The van der Waals surface area contributed by atoms with Crippen molar-refractivity contribution in [2.24, 2.45) is 11.7 Å².